The third-order valence-electron chi connectivity index (χ3n) is 4.47. The molecule has 1 aliphatic carbocycles. The Balaban J connectivity index is 1.77. The molecule has 0 amide bonds. The maximum absolute atomic E-state index is 3.49. The molecule has 0 aromatic rings. The summed E-state index contributed by atoms with van der Waals surface area (Å²) in [5.41, 5.74) is 0. The lowest BCUT2D eigenvalue weighted by Gasteiger charge is -2.25. The Hall–Kier alpha value is -0.0800. The number of nitrogens with zero attached hydrogens (tertiary/aromatic N) is 1. The van der Waals surface area contributed by atoms with Crippen molar-refractivity contribution in [3.8, 4) is 0 Å². The molecular weight excluding hydrogens is 184 g/mol. The SMILES string of the molecule is CCC1CCN(CC2CCCC2NC)C1. The second-order valence-electron chi connectivity index (χ2n) is 5.41. The molecule has 3 atom stereocenters. The van der Waals surface area contributed by atoms with Crippen molar-refractivity contribution in [3.63, 3.8) is 0 Å². The van der Waals surface area contributed by atoms with Gasteiger partial charge in [-0.15, -0.1) is 0 Å². The molecule has 2 fully saturated rings. The number of rotatable bonds is 4. The van der Waals surface area contributed by atoms with Gasteiger partial charge in [-0.3, -0.25) is 0 Å². The Bertz CT molecular complexity index is 193. The summed E-state index contributed by atoms with van der Waals surface area (Å²) in [5.74, 6) is 1.91. The summed E-state index contributed by atoms with van der Waals surface area (Å²) in [6.07, 6.45) is 7.08. The predicted molar refractivity (Wildman–Crippen MR) is 65.0 cm³/mol. The Morgan fingerprint density at radius 1 is 1.27 bits per heavy atom. The van der Waals surface area contributed by atoms with E-state index < -0.39 is 0 Å². The van der Waals surface area contributed by atoms with Crippen LogP contribution in [-0.4, -0.2) is 37.6 Å². The number of nitrogens with one attached hydrogen (secondary N) is 1. The van der Waals surface area contributed by atoms with E-state index in [1.165, 1.54) is 51.7 Å². The van der Waals surface area contributed by atoms with Gasteiger partial charge < -0.3 is 10.2 Å². The van der Waals surface area contributed by atoms with Gasteiger partial charge >= 0.3 is 0 Å². The molecule has 3 unspecified atom stereocenters. The van der Waals surface area contributed by atoms with E-state index in [0.717, 1.165) is 17.9 Å². The lowest BCUT2D eigenvalue weighted by molar-refractivity contribution is 0.248. The predicted octanol–water partition coefficient (Wildman–Crippen LogP) is 2.11. The van der Waals surface area contributed by atoms with Crippen LogP contribution in [0.15, 0.2) is 0 Å². The molecule has 2 aliphatic rings. The van der Waals surface area contributed by atoms with Gasteiger partial charge in [-0.1, -0.05) is 19.8 Å². The molecule has 0 radical (unpaired) electrons. The minimum atomic E-state index is 0.797. The van der Waals surface area contributed by atoms with Gasteiger partial charge in [0, 0.05) is 19.1 Å². The fourth-order valence-electron chi connectivity index (χ4n) is 3.38. The summed E-state index contributed by atoms with van der Waals surface area (Å²) in [5, 5.41) is 3.49. The van der Waals surface area contributed by atoms with Gasteiger partial charge in [0.2, 0.25) is 0 Å². The number of hydrogen-bond donors (Lipinski definition) is 1. The lowest BCUT2D eigenvalue weighted by atomic mass is 10.0. The second-order valence-corrected chi connectivity index (χ2v) is 5.41. The van der Waals surface area contributed by atoms with Gasteiger partial charge in [0.05, 0.1) is 0 Å². The normalized spacial score (nSPS) is 37.6. The molecule has 1 N–H and O–H groups in total. The summed E-state index contributed by atoms with van der Waals surface area (Å²) in [6, 6.07) is 0.797. The first kappa shape index (κ1) is 11.4. The van der Waals surface area contributed by atoms with E-state index in [4.69, 9.17) is 0 Å². The van der Waals surface area contributed by atoms with E-state index in [1.54, 1.807) is 0 Å². The van der Waals surface area contributed by atoms with Crippen LogP contribution < -0.4 is 5.32 Å². The Morgan fingerprint density at radius 2 is 2.13 bits per heavy atom. The largest absolute Gasteiger partial charge is 0.317 e. The van der Waals surface area contributed by atoms with Crippen molar-refractivity contribution in [2.24, 2.45) is 11.8 Å². The fraction of sp³-hybridized carbons (Fsp3) is 1.00. The molecule has 2 heteroatoms. The summed E-state index contributed by atoms with van der Waals surface area (Å²) < 4.78 is 0. The number of likely N-dealkylation sites (tertiary alicyclic amines) is 1. The molecule has 88 valence electrons. The third kappa shape index (κ3) is 2.73. The molecule has 0 aromatic carbocycles. The molecule has 15 heavy (non-hydrogen) atoms. The van der Waals surface area contributed by atoms with Crippen molar-refractivity contribution in [3.05, 3.63) is 0 Å². The van der Waals surface area contributed by atoms with Crippen LogP contribution in [0.2, 0.25) is 0 Å². The van der Waals surface area contributed by atoms with E-state index in [2.05, 4.69) is 24.2 Å². The van der Waals surface area contributed by atoms with Crippen LogP contribution in [0.5, 0.6) is 0 Å². The van der Waals surface area contributed by atoms with Gasteiger partial charge in [-0.25, -0.2) is 0 Å². The van der Waals surface area contributed by atoms with Gasteiger partial charge in [0.25, 0.3) is 0 Å². The van der Waals surface area contributed by atoms with Gasteiger partial charge in [0.15, 0.2) is 0 Å². The van der Waals surface area contributed by atoms with Crippen LogP contribution in [0, 0.1) is 11.8 Å². The monoisotopic (exact) mass is 210 g/mol. The average molecular weight is 210 g/mol. The van der Waals surface area contributed by atoms with Crippen LogP contribution >= 0.6 is 0 Å². The molecular formula is C13H26N2. The molecule has 1 aliphatic heterocycles. The summed E-state index contributed by atoms with van der Waals surface area (Å²) in [6.45, 7) is 6.40. The van der Waals surface area contributed by atoms with Crippen molar-refractivity contribution in [1.82, 2.24) is 10.2 Å². The summed E-state index contributed by atoms with van der Waals surface area (Å²) >= 11 is 0. The molecule has 1 heterocycles. The van der Waals surface area contributed by atoms with Gasteiger partial charge in [-0.2, -0.15) is 0 Å². The highest BCUT2D eigenvalue weighted by Crippen LogP contribution is 2.28. The highest BCUT2D eigenvalue weighted by molar-refractivity contribution is 4.86. The van der Waals surface area contributed by atoms with E-state index in [1.807, 2.05) is 0 Å². The van der Waals surface area contributed by atoms with E-state index in [-0.39, 0.29) is 0 Å². The van der Waals surface area contributed by atoms with Gasteiger partial charge in [0.1, 0.15) is 0 Å². The summed E-state index contributed by atoms with van der Waals surface area (Å²) in [4.78, 5) is 2.70. The summed E-state index contributed by atoms with van der Waals surface area (Å²) in [7, 11) is 2.13. The van der Waals surface area contributed by atoms with Crippen molar-refractivity contribution in [1.29, 1.82) is 0 Å². The van der Waals surface area contributed by atoms with Crippen LogP contribution in [0.1, 0.15) is 39.0 Å². The topological polar surface area (TPSA) is 15.3 Å². The maximum atomic E-state index is 3.49. The third-order valence-corrected chi connectivity index (χ3v) is 4.47. The first-order valence-corrected chi connectivity index (χ1v) is 6.73. The molecule has 2 rings (SSSR count). The smallest absolute Gasteiger partial charge is 0.0104 e. The molecule has 0 bridgehead atoms. The Labute approximate surface area is 94.4 Å². The molecule has 2 nitrogen and oxygen atoms in total. The first-order valence-electron chi connectivity index (χ1n) is 6.73. The zero-order valence-electron chi connectivity index (χ0n) is 10.3. The maximum Gasteiger partial charge on any atom is 0.0104 e. The minimum absolute atomic E-state index is 0.797. The van der Waals surface area contributed by atoms with E-state index >= 15 is 0 Å². The van der Waals surface area contributed by atoms with Crippen LogP contribution in [-0.2, 0) is 0 Å². The van der Waals surface area contributed by atoms with E-state index in [9.17, 15) is 0 Å². The first-order chi connectivity index (χ1) is 7.33. The quantitative estimate of drug-likeness (QED) is 0.764. The van der Waals surface area contributed by atoms with Crippen molar-refractivity contribution in [2.75, 3.05) is 26.7 Å². The molecule has 0 aromatic heterocycles. The van der Waals surface area contributed by atoms with Crippen LogP contribution in [0.3, 0.4) is 0 Å². The highest BCUT2D eigenvalue weighted by Gasteiger charge is 2.30. The van der Waals surface area contributed by atoms with Crippen molar-refractivity contribution < 1.29 is 0 Å². The van der Waals surface area contributed by atoms with Crippen molar-refractivity contribution in [2.45, 2.75) is 45.1 Å². The Kier molecular flexibility index (Phi) is 4.04. The lowest BCUT2D eigenvalue weighted by Crippen LogP contribution is -2.37. The molecule has 1 saturated heterocycles. The Morgan fingerprint density at radius 3 is 2.80 bits per heavy atom. The van der Waals surface area contributed by atoms with Gasteiger partial charge in [-0.05, 0) is 44.7 Å². The highest BCUT2D eigenvalue weighted by atomic mass is 15.2. The zero-order chi connectivity index (χ0) is 10.7. The molecule has 0 spiro atoms. The van der Waals surface area contributed by atoms with Crippen LogP contribution in [0.4, 0.5) is 0 Å². The number of hydrogen-bond acceptors (Lipinski definition) is 2. The van der Waals surface area contributed by atoms with Crippen LogP contribution in [0.25, 0.3) is 0 Å². The standard InChI is InChI=1S/C13H26N2/c1-3-11-7-8-15(9-11)10-12-5-4-6-13(12)14-2/h11-14H,3-10H2,1-2H3. The average Bonchev–Trinajstić information content (AvgIpc) is 2.87. The van der Waals surface area contributed by atoms with E-state index in [0.29, 0.717) is 0 Å². The minimum Gasteiger partial charge on any atom is -0.317 e. The van der Waals surface area contributed by atoms with Crippen molar-refractivity contribution >= 4 is 0 Å². The molecule has 1 saturated carbocycles. The zero-order valence-corrected chi connectivity index (χ0v) is 10.3. The fourth-order valence-corrected chi connectivity index (χ4v) is 3.38. The second kappa shape index (κ2) is 5.31.